The van der Waals surface area contributed by atoms with Crippen molar-refractivity contribution in [2.75, 3.05) is 49.6 Å². The van der Waals surface area contributed by atoms with E-state index in [1.54, 1.807) is 0 Å². The molecule has 194 valence electrons. The van der Waals surface area contributed by atoms with Crippen molar-refractivity contribution in [3.63, 3.8) is 0 Å². The summed E-state index contributed by atoms with van der Waals surface area (Å²) in [4.78, 5) is 27.7. The van der Waals surface area contributed by atoms with Crippen molar-refractivity contribution in [3.05, 3.63) is 66.7 Å². The minimum absolute atomic E-state index is 0.511. The predicted octanol–water partition coefficient (Wildman–Crippen LogP) is 3.60. The van der Waals surface area contributed by atoms with E-state index in [-0.39, 0.29) is 0 Å². The molecule has 0 saturated carbocycles. The van der Waals surface area contributed by atoms with E-state index in [2.05, 4.69) is 32.2 Å². The van der Waals surface area contributed by atoms with Crippen molar-refractivity contribution >= 4 is 34.0 Å². The molecular weight excluding hydrogens is 478 g/mol. The number of fused-ring (bicyclic) bond motifs is 2. The van der Waals surface area contributed by atoms with E-state index in [1.807, 2.05) is 53.4 Å². The zero-order valence-electron chi connectivity index (χ0n) is 21.3. The predicted molar refractivity (Wildman–Crippen MR) is 148 cm³/mol. The molecule has 0 radical (unpaired) electrons. The molecule has 10 heteroatoms. The third-order valence-corrected chi connectivity index (χ3v) is 7.59. The maximum atomic E-state index is 5.55. The Kier molecular flexibility index (Phi) is 6.11. The van der Waals surface area contributed by atoms with Gasteiger partial charge in [-0.15, -0.1) is 0 Å². The number of benzene rings is 2. The lowest BCUT2D eigenvalue weighted by molar-refractivity contribution is 0.0114. The average Bonchev–Trinajstić information content (AvgIpc) is 3.61. The van der Waals surface area contributed by atoms with Gasteiger partial charge in [-0.25, -0.2) is 9.97 Å². The highest BCUT2D eigenvalue weighted by molar-refractivity contribution is 5.85. The lowest BCUT2D eigenvalue weighted by Crippen LogP contribution is -2.49. The van der Waals surface area contributed by atoms with Crippen LogP contribution in [0.3, 0.4) is 0 Å². The molecule has 0 aliphatic carbocycles. The Morgan fingerprint density at radius 3 is 2.50 bits per heavy atom. The molecule has 0 bridgehead atoms. The van der Waals surface area contributed by atoms with Gasteiger partial charge in [-0.3, -0.25) is 9.47 Å². The molecule has 7 rings (SSSR count). The van der Waals surface area contributed by atoms with Crippen LogP contribution in [0.4, 0.5) is 11.8 Å². The Labute approximate surface area is 220 Å². The molecule has 10 nitrogen and oxygen atoms in total. The lowest BCUT2D eigenvalue weighted by atomic mass is 10.0. The Bertz CT molecular complexity index is 1500. The molecule has 0 amide bonds. The molecule has 0 atom stereocenters. The summed E-state index contributed by atoms with van der Waals surface area (Å²) in [5.74, 6) is 2.31. The van der Waals surface area contributed by atoms with Gasteiger partial charge in [0.05, 0.1) is 30.8 Å². The van der Waals surface area contributed by atoms with Crippen LogP contribution in [0.25, 0.3) is 27.9 Å². The van der Waals surface area contributed by atoms with Crippen molar-refractivity contribution in [2.45, 2.75) is 25.4 Å². The summed E-state index contributed by atoms with van der Waals surface area (Å²) in [7, 11) is 0. The topological polar surface area (TPSA) is 100 Å². The fraction of sp³-hybridized carbons (Fsp3) is 0.357. The van der Waals surface area contributed by atoms with E-state index in [0.717, 1.165) is 97.7 Å². The van der Waals surface area contributed by atoms with Crippen LogP contribution in [0, 0.1) is 0 Å². The van der Waals surface area contributed by atoms with E-state index < -0.39 is 0 Å². The Balaban J connectivity index is 1.19. The second-order valence-corrected chi connectivity index (χ2v) is 9.92. The largest absolute Gasteiger partial charge is 0.379 e. The van der Waals surface area contributed by atoms with Crippen molar-refractivity contribution in [1.29, 1.82) is 0 Å². The van der Waals surface area contributed by atoms with Gasteiger partial charge in [-0.05, 0) is 37.1 Å². The Hall–Kier alpha value is -4.02. The first kappa shape index (κ1) is 23.1. The first-order valence-electron chi connectivity index (χ1n) is 13.4. The van der Waals surface area contributed by atoms with Gasteiger partial charge >= 0.3 is 0 Å². The van der Waals surface area contributed by atoms with Gasteiger partial charge < -0.3 is 19.9 Å². The summed E-state index contributed by atoms with van der Waals surface area (Å²) in [5.41, 5.74) is 4.54. The van der Waals surface area contributed by atoms with Gasteiger partial charge in [0.2, 0.25) is 5.95 Å². The number of piperidine rings is 1. The zero-order valence-corrected chi connectivity index (χ0v) is 21.3. The van der Waals surface area contributed by atoms with Gasteiger partial charge in [0, 0.05) is 37.9 Å². The molecule has 3 aromatic heterocycles. The van der Waals surface area contributed by atoms with Gasteiger partial charge in [-0.1, -0.05) is 30.3 Å². The van der Waals surface area contributed by atoms with Crippen LogP contribution in [-0.2, 0) is 11.3 Å². The number of imidazole rings is 2. The molecule has 38 heavy (non-hydrogen) atoms. The summed E-state index contributed by atoms with van der Waals surface area (Å²) in [6.45, 7) is 6.09. The van der Waals surface area contributed by atoms with Crippen molar-refractivity contribution in [1.82, 2.24) is 34.4 Å². The van der Waals surface area contributed by atoms with E-state index >= 15 is 0 Å². The van der Waals surface area contributed by atoms with Crippen molar-refractivity contribution in [3.8, 4) is 5.69 Å². The number of hydrogen-bond acceptors (Lipinski definition) is 8. The maximum Gasteiger partial charge on any atom is 0.229 e. The number of nitrogens with one attached hydrogen (secondary N) is 2. The van der Waals surface area contributed by atoms with E-state index in [9.17, 15) is 0 Å². The summed E-state index contributed by atoms with van der Waals surface area (Å²) < 4.78 is 7.59. The van der Waals surface area contributed by atoms with Crippen molar-refractivity contribution < 1.29 is 4.74 Å². The van der Waals surface area contributed by atoms with Crippen LogP contribution in [0.2, 0.25) is 0 Å². The van der Waals surface area contributed by atoms with Crippen LogP contribution in [0.5, 0.6) is 0 Å². The second kappa shape index (κ2) is 10.0. The number of rotatable bonds is 6. The average molecular weight is 510 g/mol. The van der Waals surface area contributed by atoms with Crippen LogP contribution in [0.1, 0.15) is 18.7 Å². The number of nitrogens with zero attached hydrogens (tertiary/aromatic N) is 7. The molecule has 2 aromatic carbocycles. The first-order valence-corrected chi connectivity index (χ1v) is 13.4. The molecule has 2 fully saturated rings. The normalized spacial score (nSPS) is 17.4. The number of para-hydroxylation sites is 3. The number of aromatic nitrogens is 6. The fourth-order valence-electron chi connectivity index (χ4n) is 5.56. The molecule has 5 aromatic rings. The standard InChI is InChI=1S/C28H31N9O/c1-2-6-21(7-3-1)37-19-30-25-26(29-18-24-31-22-8-4-5-9-23(22)32-24)33-28(34-27(25)37)36-12-10-20(11-13-36)35-14-16-38-17-15-35/h1-9,19-20H,10-18H2,(H,31,32)(H,29,33,34). The molecule has 2 N–H and O–H groups in total. The van der Waals surface area contributed by atoms with Crippen LogP contribution in [-0.4, -0.2) is 79.8 Å². The van der Waals surface area contributed by atoms with Crippen LogP contribution < -0.4 is 10.2 Å². The summed E-state index contributed by atoms with van der Waals surface area (Å²) in [6, 6.07) is 18.9. The quantitative estimate of drug-likeness (QED) is 0.358. The van der Waals surface area contributed by atoms with Gasteiger partial charge in [0.15, 0.2) is 17.0 Å². The van der Waals surface area contributed by atoms with Gasteiger partial charge in [0.1, 0.15) is 12.2 Å². The molecule has 0 spiro atoms. The molecule has 2 aliphatic heterocycles. The van der Waals surface area contributed by atoms with E-state index in [0.29, 0.717) is 12.6 Å². The third kappa shape index (κ3) is 4.46. The molecular formula is C28H31N9O. The molecule has 2 aliphatic rings. The van der Waals surface area contributed by atoms with Gasteiger partial charge in [0.25, 0.3) is 0 Å². The van der Waals surface area contributed by atoms with E-state index in [1.165, 1.54) is 0 Å². The molecule has 5 heterocycles. The minimum atomic E-state index is 0.511. The molecule has 0 unspecified atom stereocenters. The number of hydrogen-bond donors (Lipinski definition) is 2. The second-order valence-electron chi connectivity index (χ2n) is 9.92. The summed E-state index contributed by atoms with van der Waals surface area (Å²) in [6.07, 6.45) is 4.03. The number of morpholine rings is 1. The number of H-pyrrole nitrogens is 1. The Morgan fingerprint density at radius 2 is 1.68 bits per heavy atom. The summed E-state index contributed by atoms with van der Waals surface area (Å²) in [5, 5.41) is 3.50. The zero-order chi connectivity index (χ0) is 25.3. The monoisotopic (exact) mass is 509 g/mol. The fourth-order valence-corrected chi connectivity index (χ4v) is 5.56. The summed E-state index contributed by atoms with van der Waals surface area (Å²) >= 11 is 0. The lowest BCUT2D eigenvalue weighted by Gasteiger charge is -2.40. The number of anilines is 2. The number of ether oxygens (including phenoxy) is 1. The smallest absolute Gasteiger partial charge is 0.229 e. The highest BCUT2D eigenvalue weighted by atomic mass is 16.5. The van der Waals surface area contributed by atoms with Crippen molar-refractivity contribution in [2.24, 2.45) is 0 Å². The Morgan fingerprint density at radius 1 is 0.895 bits per heavy atom. The highest BCUT2D eigenvalue weighted by Gasteiger charge is 2.28. The van der Waals surface area contributed by atoms with E-state index in [4.69, 9.17) is 24.7 Å². The van der Waals surface area contributed by atoms with Crippen LogP contribution >= 0.6 is 0 Å². The number of aromatic amines is 1. The van der Waals surface area contributed by atoms with Crippen LogP contribution in [0.15, 0.2) is 60.9 Å². The first-order chi connectivity index (χ1) is 18.8. The highest BCUT2D eigenvalue weighted by Crippen LogP contribution is 2.28. The SMILES string of the molecule is c1ccc(-n2cnc3c(NCc4nc5ccccc5[nH]4)nc(N4CCC(N5CCOCC5)CC4)nc32)cc1. The maximum absolute atomic E-state index is 5.55. The minimum Gasteiger partial charge on any atom is -0.379 e. The molecule has 2 saturated heterocycles. The third-order valence-electron chi connectivity index (χ3n) is 7.59. The van der Waals surface area contributed by atoms with Gasteiger partial charge in [-0.2, -0.15) is 9.97 Å².